The summed E-state index contributed by atoms with van der Waals surface area (Å²) in [5.74, 6) is -0.694. The maximum atomic E-state index is 13.1. The molecule has 3 aromatic carbocycles. The van der Waals surface area contributed by atoms with Crippen molar-refractivity contribution in [3.63, 3.8) is 0 Å². The van der Waals surface area contributed by atoms with Gasteiger partial charge in [-0.3, -0.25) is 4.79 Å². The monoisotopic (exact) mass is 400 g/mol. The minimum absolute atomic E-state index is 0.161. The van der Waals surface area contributed by atoms with Gasteiger partial charge in [0.15, 0.2) is 0 Å². The van der Waals surface area contributed by atoms with Gasteiger partial charge in [-0.05, 0) is 34.4 Å². The molecular formula is C25H21FN2O2. The van der Waals surface area contributed by atoms with Gasteiger partial charge in [-0.15, -0.1) is 0 Å². The van der Waals surface area contributed by atoms with Crippen LogP contribution in [0.15, 0.2) is 78.9 Å². The first kappa shape index (κ1) is 19.8. The number of likely N-dealkylation sites (tertiary alicyclic amines) is 1. The van der Waals surface area contributed by atoms with Crippen molar-refractivity contribution in [2.24, 2.45) is 0 Å². The van der Waals surface area contributed by atoms with Gasteiger partial charge < -0.3 is 10.0 Å². The summed E-state index contributed by atoms with van der Waals surface area (Å²) in [7, 11) is 0. The lowest BCUT2D eigenvalue weighted by Crippen LogP contribution is -2.65. The first-order valence-electron chi connectivity index (χ1n) is 9.84. The smallest absolute Gasteiger partial charge is 0.228 e. The van der Waals surface area contributed by atoms with E-state index in [2.05, 4.69) is 6.07 Å². The van der Waals surface area contributed by atoms with Crippen LogP contribution in [0.4, 0.5) is 4.39 Å². The van der Waals surface area contributed by atoms with E-state index >= 15 is 0 Å². The average Bonchev–Trinajstić information content (AvgIpc) is 2.75. The molecule has 1 N–H and O–H groups in total. The fourth-order valence-electron chi connectivity index (χ4n) is 4.15. The summed E-state index contributed by atoms with van der Waals surface area (Å²) in [5, 5.41) is 19.7. The lowest BCUT2D eigenvalue weighted by atomic mass is 9.75. The molecule has 0 unspecified atom stereocenters. The van der Waals surface area contributed by atoms with Crippen molar-refractivity contribution in [3.05, 3.63) is 95.8 Å². The van der Waals surface area contributed by atoms with E-state index in [0.717, 1.165) is 22.3 Å². The number of nitriles is 1. The Morgan fingerprint density at radius 2 is 1.57 bits per heavy atom. The highest BCUT2D eigenvalue weighted by Gasteiger charge is 2.51. The first-order chi connectivity index (χ1) is 14.6. The third kappa shape index (κ3) is 3.70. The number of hydrogen-bond donors (Lipinski definition) is 1. The number of benzene rings is 3. The number of halogens is 1. The number of aliphatic hydroxyl groups is 1. The Hall–Kier alpha value is -3.49. The molecule has 1 saturated heterocycles. The van der Waals surface area contributed by atoms with E-state index in [1.807, 2.05) is 54.6 Å². The predicted molar refractivity (Wildman–Crippen MR) is 112 cm³/mol. The van der Waals surface area contributed by atoms with Crippen molar-refractivity contribution in [2.75, 3.05) is 6.61 Å². The molecule has 5 heteroatoms. The van der Waals surface area contributed by atoms with Crippen molar-refractivity contribution in [3.8, 4) is 17.2 Å². The first-order valence-corrected chi connectivity index (χ1v) is 9.84. The number of amides is 1. The molecular weight excluding hydrogens is 379 g/mol. The highest BCUT2D eigenvalue weighted by Crippen LogP contribution is 2.41. The van der Waals surface area contributed by atoms with Gasteiger partial charge in [0, 0.05) is 5.92 Å². The zero-order valence-corrected chi connectivity index (χ0v) is 16.3. The summed E-state index contributed by atoms with van der Waals surface area (Å²) in [6.07, 6.45) is 0.200. The standard InChI is InChI=1S/C25H21FN2O2/c26-21-12-10-19(11-13-21)18-6-8-20(9-7-18)25-22(15-27)28(23(25)16-29)24(30)14-17-4-2-1-3-5-17/h1-13,22-23,25,29H,14,16H2/t22-,23+,25-/m1/s1. The molecule has 4 nitrogen and oxygen atoms in total. The van der Waals surface area contributed by atoms with Crippen LogP contribution in [-0.2, 0) is 11.2 Å². The second kappa shape index (κ2) is 8.48. The van der Waals surface area contributed by atoms with Gasteiger partial charge in [0.05, 0.1) is 25.1 Å². The van der Waals surface area contributed by atoms with E-state index in [1.165, 1.54) is 17.0 Å². The number of hydrogen-bond acceptors (Lipinski definition) is 3. The van der Waals surface area contributed by atoms with Crippen LogP contribution in [0.3, 0.4) is 0 Å². The van der Waals surface area contributed by atoms with Crippen LogP contribution in [0.1, 0.15) is 17.0 Å². The predicted octanol–water partition coefficient (Wildman–Crippen LogP) is 3.91. The molecule has 0 saturated carbocycles. The van der Waals surface area contributed by atoms with E-state index in [-0.39, 0.29) is 30.7 Å². The van der Waals surface area contributed by atoms with Crippen LogP contribution < -0.4 is 0 Å². The lowest BCUT2D eigenvalue weighted by molar-refractivity contribution is -0.146. The summed E-state index contributed by atoms with van der Waals surface area (Å²) >= 11 is 0. The Kier molecular flexibility index (Phi) is 5.60. The van der Waals surface area contributed by atoms with Crippen LogP contribution in [0.2, 0.25) is 0 Å². The lowest BCUT2D eigenvalue weighted by Gasteiger charge is -2.51. The van der Waals surface area contributed by atoms with E-state index < -0.39 is 12.1 Å². The molecule has 1 aliphatic rings. The topological polar surface area (TPSA) is 64.3 Å². The Bertz CT molecular complexity index is 1060. The molecule has 0 radical (unpaired) electrons. The number of carbonyl (C=O) groups is 1. The molecule has 0 aromatic heterocycles. The zero-order chi connectivity index (χ0) is 21.1. The number of carbonyl (C=O) groups excluding carboxylic acids is 1. The van der Waals surface area contributed by atoms with Gasteiger partial charge in [0.25, 0.3) is 0 Å². The van der Waals surface area contributed by atoms with Gasteiger partial charge in [0.1, 0.15) is 11.9 Å². The number of nitrogens with zero attached hydrogens (tertiary/aromatic N) is 2. The summed E-state index contributed by atoms with van der Waals surface area (Å²) in [6.45, 7) is -0.205. The van der Waals surface area contributed by atoms with Crippen molar-refractivity contribution in [1.82, 2.24) is 4.90 Å². The van der Waals surface area contributed by atoms with Crippen molar-refractivity contribution in [2.45, 2.75) is 24.4 Å². The molecule has 1 heterocycles. The number of aliphatic hydroxyl groups excluding tert-OH is 1. The molecule has 3 aromatic rings. The van der Waals surface area contributed by atoms with Crippen LogP contribution in [0.25, 0.3) is 11.1 Å². The van der Waals surface area contributed by atoms with Crippen LogP contribution >= 0.6 is 0 Å². The Balaban J connectivity index is 1.53. The Morgan fingerprint density at radius 1 is 0.967 bits per heavy atom. The van der Waals surface area contributed by atoms with Crippen LogP contribution in [-0.4, -0.2) is 34.6 Å². The van der Waals surface area contributed by atoms with E-state index in [1.54, 1.807) is 12.1 Å². The fourth-order valence-corrected chi connectivity index (χ4v) is 4.15. The Morgan fingerprint density at radius 3 is 2.13 bits per heavy atom. The highest BCUT2D eigenvalue weighted by atomic mass is 19.1. The van der Waals surface area contributed by atoms with Crippen LogP contribution in [0, 0.1) is 17.1 Å². The second-order valence-electron chi connectivity index (χ2n) is 7.44. The van der Waals surface area contributed by atoms with E-state index in [0.29, 0.717) is 0 Å². The normalized spacial score (nSPS) is 20.3. The second-order valence-corrected chi connectivity index (χ2v) is 7.44. The van der Waals surface area contributed by atoms with Gasteiger partial charge in [-0.1, -0.05) is 66.7 Å². The summed E-state index contributed by atoms with van der Waals surface area (Å²) < 4.78 is 13.1. The molecule has 150 valence electrons. The quantitative estimate of drug-likeness (QED) is 0.706. The van der Waals surface area contributed by atoms with E-state index in [9.17, 15) is 19.6 Å². The van der Waals surface area contributed by atoms with Crippen LogP contribution in [0.5, 0.6) is 0 Å². The Labute approximate surface area is 174 Å². The van der Waals surface area contributed by atoms with Gasteiger partial charge in [-0.2, -0.15) is 5.26 Å². The van der Waals surface area contributed by atoms with Gasteiger partial charge in [-0.25, -0.2) is 4.39 Å². The highest BCUT2D eigenvalue weighted by molar-refractivity contribution is 5.81. The number of rotatable bonds is 5. The molecule has 1 aliphatic heterocycles. The minimum atomic E-state index is -0.616. The SMILES string of the molecule is N#C[C@@H]1[C@@H](c2ccc(-c3ccc(F)cc3)cc2)[C@H](CO)N1C(=O)Cc1ccccc1. The minimum Gasteiger partial charge on any atom is -0.394 e. The largest absolute Gasteiger partial charge is 0.394 e. The maximum absolute atomic E-state index is 13.1. The van der Waals surface area contributed by atoms with Gasteiger partial charge in [0.2, 0.25) is 5.91 Å². The summed E-state index contributed by atoms with van der Waals surface area (Å²) in [4.78, 5) is 14.3. The third-order valence-corrected chi connectivity index (χ3v) is 5.69. The molecule has 3 atom stereocenters. The van der Waals surface area contributed by atoms with Crippen molar-refractivity contribution < 1.29 is 14.3 Å². The third-order valence-electron chi connectivity index (χ3n) is 5.69. The molecule has 0 bridgehead atoms. The van der Waals surface area contributed by atoms with Crippen molar-refractivity contribution in [1.29, 1.82) is 5.26 Å². The maximum Gasteiger partial charge on any atom is 0.228 e. The van der Waals surface area contributed by atoms with Gasteiger partial charge >= 0.3 is 0 Å². The molecule has 1 fully saturated rings. The van der Waals surface area contributed by atoms with Crippen molar-refractivity contribution >= 4 is 5.91 Å². The molecule has 4 rings (SSSR count). The molecule has 1 amide bonds. The summed E-state index contributed by atoms with van der Waals surface area (Å²) in [6, 6.07) is 24.5. The van der Waals surface area contributed by atoms with E-state index in [4.69, 9.17) is 0 Å². The molecule has 0 spiro atoms. The molecule has 0 aliphatic carbocycles. The summed E-state index contributed by atoms with van der Waals surface area (Å²) in [5.41, 5.74) is 3.61. The fraction of sp³-hybridized carbons (Fsp3) is 0.200. The average molecular weight is 400 g/mol. The molecule has 30 heavy (non-hydrogen) atoms. The zero-order valence-electron chi connectivity index (χ0n) is 16.3.